The van der Waals surface area contributed by atoms with E-state index < -0.39 is 0 Å². The Morgan fingerprint density at radius 1 is 0.317 bits per heavy atom. The molecule has 0 amide bonds. The molecule has 0 unspecified atom stereocenters. The molecule has 0 radical (unpaired) electrons. The fourth-order valence-corrected chi connectivity index (χ4v) is 7.31. The molecular formula is C38H23N3. The van der Waals surface area contributed by atoms with Crippen LogP contribution in [0.15, 0.2) is 140 Å². The number of hydrogen-bond donors (Lipinski definition) is 0. The second kappa shape index (κ2) is 7.56. The monoisotopic (exact) mass is 521 g/mol. The van der Waals surface area contributed by atoms with Crippen LogP contribution in [0.5, 0.6) is 0 Å². The van der Waals surface area contributed by atoms with Crippen molar-refractivity contribution in [2.45, 2.75) is 0 Å². The molecule has 10 rings (SSSR count). The molecule has 0 N–H and O–H groups in total. The van der Waals surface area contributed by atoms with E-state index in [0.29, 0.717) is 0 Å². The molecule has 4 heterocycles. The Morgan fingerprint density at radius 2 is 0.854 bits per heavy atom. The van der Waals surface area contributed by atoms with Crippen LogP contribution in [0.4, 0.5) is 0 Å². The molecule has 41 heavy (non-hydrogen) atoms. The zero-order chi connectivity index (χ0) is 26.7. The fraction of sp³-hybridized carbons (Fsp3) is 0. The van der Waals surface area contributed by atoms with E-state index in [0.717, 1.165) is 0 Å². The van der Waals surface area contributed by atoms with E-state index in [-0.39, 0.29) is 0 Å². The van der Waals surface area contributed by atoms with E-state index in [1.807, 2.05) is 0 Å². The lowest BCUT2D eigenvalue weighted by Crippen LogP contribution is -1.93. The molecule has 0 saturated heterocycles. The topological polar surface area (TPSA) is 14.3 Å². The van der Waals surface area contributed by atoms with Crippen molar-refractivity contribution in [1.82, 2.24) is 13.5 Å². The Morgan fingerprint density at radius 3 is 1.59 bits per heavy atom. The number of aromatic nitrogens is 3. The van der Waals surface area contributed by atoms with Crippen molar-refractivity contribution in [3.05, 3.63) is 140 Å². The third-order valence-corrected chi connectivity index (χ3v) is 8.97. The standard InChI is InChI=1S/C38H23N3/c1-3-11-24(12-4-1)40-33-17-9-7-15-26(33)29-21-30-32-22-31-27-16-8-10-18-34(27)41(25-13-5-2-6-14-25)38(31)28-19-20-39(37(28)32)35(30)23-36(29)40/h1-23H. The van der Waals surface area contributed by atoms with Gasteiger partial charge in [-0.15, -0.1) is 0 Å². The van der Waals surface area contributed by atoms with Crippen molar-refractivity contribution in [3.8, 4) is 11.4 Å². The van der Waals surface area contributed by atoms with Gasteiger partial charge in [-0.2, -0.15) is 0 Å². The first kappa shape index (κ1) is 21.3. The molecule has 3 nitrogen and oxygen atoms in total. The van der Waals surface area contributed by atoms with Crippen LogP contribution < -0.4 is 0 Å². The highest BCUT2D eigenvalue weighted by atomic mass is 15.0. The number of para-hydroxylation sites is 4. The second-order valence-electron chi connectivity index (χ2n) is 11.0. The van der Waals surface area contributed by atoms with Crippen LogP contribution in [0.2, 0.25) is 0 Å². The highest BCUT2D eigenvalue weighted by Gasteiger charge is 2.22. The van der Waals surface area contributed by atoms with Crippen LogP contribution in [-0.4, -0.2) is 13.5 Å². The molecule has 0 bridgehead atoms. The third kappa shape index (κ3) is 2.63. The first-order valence-corrected chi connectivity index (χ1v) is 14.1. The summed E-state index contributed by atoms with van der Waals surface area (Å²) in [5, 5.41) is 9.04. The predicted molar refractivity (Wildman–Crippen MR) is 172 cm³/mol. The summed E-state index contributed by atoms with van der Waals surface area (Å²) in [6.45, 7) is 0. The Hall–Kier alpha value is -5.54. The molecule has 10 aromatic rings. The van der Waals surface area contributed by atoms with Crippen LogP contribution in [0.1, 0.15) is 0 Å². The number of fused-ring (bicyclic) bond motifs is 10. The van der Waals surface area contributed by atoms with Crippen molar-refractivity contribution >= 4 is 70.8 Å². The van der Waals surface area contributed by atoms with Crippen molar-refractivity contribution < 1.29 is 0 Å². The maximum absolute atomic E-state index is 2.43. The highest BCUT2D eigenvalue weighted by molar-refractivity contribution is 6.29. The minimum Gasteiger partial charge on any atom is -0.315 e. The van der Waals surface area contributed by atoms with Gasteiger partial charge in [0.25, 0.3) is 0 Å². The van der Waals surface area contributed by atoms with E-state index >= 15 is 0 Å². The summed E-state index contributed by atoms with van der Waals surface area (Å²) in [5.74, 6) is 0. The Labute approximate surface area is 235 Å². The van der Waals surface area contributed by atoms with E-state index in [1.165, 1.54) is 82.2 Å². The summed E-state index contributed by atoms with van der Waals surface area (Å²) in [7, 11) is 0. The lowest BCUT2D eigenvalue weighted by Gasteiger charge is -2.08. The summed E-state index contributed by atoms with van der Waals surface area (Å²) in [5.41, 5.74) is 9.87. The normalized spacial score (nSPS) is 12.4. The second-order valence-corrected chi connectivity index (χ2v) is 11.0. The van der Waals surface area contributed by atoms with Gasteiger partial charge >= 0.3 is 0 Å². The van der Waals surface area contributed by atoms with Gasteiger partial charge in [-0.25, -0.2) is 0 Å². The molecule has 190 valence electrons. The Balaban J connectivity index is 1.41. The fourth-order valence-electron chi connectivity index (χ4n) is 7.31. The lowest BCUT2D eigenvalue weighted by atomic mass is 10.0. The van der Waals surface area contributed by atoms with E-state index in [9.17, 15) is 0 Å². The molecule has 0 spiro atoms. The van der Waals surface area contributed by atoms with Crippen LogP contribution in [0.3, 0.4) is 0 Å². The molecule has 6 aromatic carbocycles. The van der Waals surface area contributed by atoms with Crippen molar-refractivity contribution in [1.29, 1.82) is 0 Å². The first-order chi connectivity index (χ1) is 20.4. The van der Waals surface area contributed by atoms with Gasteiger partial charge in [0, 0.05) is 55.3 Å². The zero-order valence-corrected chi connectivity index (χ0v) is 22.1. The molecule has 0 aliphatic heterocycles. The SMILES string of the molecule is c1ccc(-n2c3ccccc3c3cc4c5cc6c7ccccc7n(-c7ccccc7)c6c6ccn(c4cc32)c56)cc1. The first-order valence-electron chi connectivity index (χ1n) is 14.1. The largest absolute Gasteiger partial charge is 0.315 e. The lowest BCUT2D eigenvalue weighted by molar-refractivity contribution is 1.18. The van der Waals surface area contributed by atoms with E-state index in [4.69, 9.17) is 0 Å². The van der Waals surface area contributed by atoms with Crippen molar-refractivity contribution in [2.24, 2.45) is 0 Å². The predicted octanol–water partition coefficient (Wildman–Crippen LogP) is 9.88. The van der Waals surface area contributed by atoms with Crippen LogP contribution >= 0.6 is 0 Å². The van der Waals surface area contributed by atoms with E-state index in [1.54, 1.807) is 0 Å². The number of benzene rings is 6. The molecule has 3 heteroatoms. The zero-order valence-electron chi connectivity index (χ0n) is 22.1. The molecule has 0 aliphatic rings. The smallest absolute Gasteiger partial charge is 0.0635 e. The summed E-state index contributed by atoms with van der Waals surface area (Å²) >= 11 is 0. The Bertz CT molecular complexity index is 2610. The maximum Gasteiger partial charge on any atom is 0.0635 e. The van der Waals surface area contributed by atoms with Gasteiger partial charge in [0.1, 0.15) is 0 Å². The summed E-state index contributed by atoms with van der Waals surface area (Å²) in [4.78, 5) is 0. The van der Waals surface area contributed by atoms with Gasteiger partial charge < -0.3 is 13.5 Å². The van der Waals surface area contributed by atoms with E-state index in [2.05, 4.69) is 153 Å². The molecular weight excluding hydrogens is 498 g/mol. The van der Waals surface area contributed by atoms with Crippen molar-refractivity contribution in [3.63, 3.8) is 0 Å². The molecule has 4 aromatic heterocycles. The maximum atomic E-state index is 2.43. The summed E-state index contributed by atoms with van der Waals surface area (Å²) < 4.78 is 7.24. The minimum atomic E-state index is 1.18. The minimum absolute atomic E-state index is 1.18. The van der Waals surface area contributed by atoms with Gasteiger partial charge in [0.2, 0.25) is 0 Å². The van der Waals surface area contributed by atoms with Crippen molar-refractivity contribution in [2.75, 3.05) is 0 Å². The number of nitrogens with zero attached hydrogens (tertiary/aromatic N) is 3. The average molecular weight is 522 g/mol. The van der Waals surface area contributed by atoms with Gasteiger partial charge in [0.05, 0.1) is 33.1 Å². The van der Waals surface area contributed by atoms with Gasteiger partial charge in [-0.3, -0.25) is 0 Å². The van der Waals surface area contributed by atoms with Gasteiger partial charge in [-0.05, 0) is 60.7 Å². The molecule has 0 aliphatic carbocycles. The average Bonchev–Trinajstić information content (AvgIpc) is 3.77. The van der Waals surface area contributed by atoms with Crippen LogP contribution in [0.25, 0.3) is 82.2 Å². The van der Waals surface area contributed by atoms with Crippen LogP contribution in [0, 0.1) is 0 Å². The quantitative estimate of drug-likeness (QED) is 0.215. The van der Waals surface area contributed by atoms with Crippen LogP contribution in [-0.2, 0) is 0 Å². The highest BCUT2D eigenvalue weighted by Crippen LogP contribution is 2.44. The van der Waals surface area contributed by atoms with Gasteiger partial charge in [-0.1, -0.05) is 72.8 Å². The summed E-state index contributed by atoms with van der Waals surface area (Å²) in [6, 6.07) is 48.6. The Kier molecular flexibility index (Phi) is 3.93. The number of rotatable bonds is 2. The third-order valence-electron chi connectivity index (χ3n) is 8.97. The molecule has 0 fully saturated rings. The molecule has 0 saturated carbocycles. The molecule has 0 atom stereocenters. The summed E-state index contributed by atoms with van der Waals surface area (Å²) in [6.07, 6.45) is 2.26. The van der Waals surface area contributed by atoms with Gasteiger partial charge in [0.15, 0.2) is 0 Å². The number of hydrogen-bond acceptors (Lipinski definition) is 0.